The zero-order valence-corrected chi connectivity index (χ0v) is 8.53. The second-order valence-electron chi connectivity index (χ2n) is 3.24. The van der Waals surface area contributed by atoms with Gasteiger partial charge in [-0.05, 0) is 13.8 Å². The molecule has 1 atom stereocenters. The van der Waals surface area contributed by atoms with E-state index in [2.05, 4.69) is 0 Å². The van der Waals surface area contributed by atoms with Crippen LogP contribution in [0.25, 0.3) is 0 Å². The third-order valence-electron chi connectivity index (χ3n) is 1.96. The average molecular weight is 198 g/mol. The molecule has 4 nitrogen and oxygen atoms in total. The maximum Gasteiger partial charge on any atom is 0.339 e. The Kier molecular flexibility index (Phi) is 3.30. The van der Waals surface area contributed by atoms with Crippen molar-refractivity contribution < 1.29 is 14.3 Å². The van der Waals surface area contributed by atoms with Crippen LogP contribution in [0.3, 0.4) is 0 Å². The third kappa shape index (κ3) is 2.35. The first-order chi connectivity index (χ1) is 6.54. The standard InChI is InChI=1S/C10H14O4/c1-6(11)4-9-7(2)8(13-3)5-10(12)14-9/h5-6,11H,4H2,1-3H3/t6-/m0/s1. The highest BCUT2D eigenvalue weighted by Gasteiger charge is 2.11. The summed E-state index contributed by atoms with van der Waals surface area (Å²) < 4.78 is 9.97. The quantitative estimate of drug-likeness (QED) is 0.783. The minimum absolute atomic E-state index is 0.318. The molecule has 1 N–H and O–H groups in total. The fourth-order valence-corrected chi connectivity index (χ4v) is 1.26. The van der Waals surface area contributed by atoms with Crippen LogP contribution in [0.5, 0.6) is 5.75 Å². The van der Waals surface area contributed by atoms with Crippen LogP contribution in [0.4, 0.5) is 0 Å². The molecule has 4 heteroatoms. The highest BCUT2D eigenvalue weighted by atomic mass is 16.5. The first kappa shape index (κ1) is 10.8. The highest BCUT2D eigenvalue weighted by Crippen LogP contribution is 2.19. The Labute approximate surface area is 82.1 Å². The summed E-state index contributed by atoms with van der Waals surface area (Å²) in [4.78, 5) is 11.1. The molecule has 1 aromatic heterocycles. The van der Waals surface area contributed by atoms with E-state index in [4.69, 9.17) is 9.15 Å². The van der Waals surface area contributed by atoms with Crippen molar-refractivity contribution in [2.75, 3.05) is 7.11 Å². The van der Waals surface area contributed by atoms with Gasteiger partial charge in [-0.25, -0.2) is 4.79 Å². The van der Waals surface area contributed by atoms with Crippen LogP contribution in [0, 0.1) is 6.92 Å². The summed E-state index contributed by atoms with van der Waals surface area (Å²) >= 11 is 0. The smallest absolute Gasteiger partial charge is 0.339 e. The van der Waals surface area contributed by atoms with Gasteiger partial charge in [-0.1, -0.05) is 0 Å². The van der Waals surface area contributed by atoms with Crippen LogP contribution in [-0.4, -0.2) is 18.3 Å². The first-order valence-corrected chi connectivity index (χ1v) is 4.40. The van der Waals surface area contributed by atoms with Gasteiger partial charge in [0.05, 0.1) is 19.3 Å². The van der Waals surface area contributed by atoms with Crippen molar-refractivity contribution in [1.82, 2.24) is 0 Å². The lowest BCUT2D eigenvalue weighted by molar-refractivity contribution is 0.184. The van der Waals surface area contributed by atoms with E-state index in [0.29, 0.717) is 17.9 Å². The van der Waals surface area contributed by atoms with E-state index >= 15 is 0 Å². The van der Waals surface area contributed by atoms with Crippen molar-refractivity contribution in [3.05, 3.63) is 27.8 Å². The summed E-state index contributed by atoms with van der Waals surface area (Å²) in [5, 5.41) is 9.18. The second kappa shape index (κ2) is 4.28. The molecule has 0 aliphatic heterocycles. The van der Waals surface area contributed by atoms with E-state index in [9.17, 15) is 9.90 Å². The van der Waals surface area contributed by atoms with E-state index in [1.807, 2.05) is 0 Å². The van der Waals surface area contributed by atoms with Gasteiger partial charge in [-0.15, -0.1) is 0 Å². The molecule has 0 spiro atoms. The van der Waals surface area contributed by atoms with Gasteiger partial charge in [0.25, 0.3) is 0 Å². The van der Waals surface area contributed by atoms with Crippen LogP contribution < -0.4 is 10.4 Å². The summed E-state index contributed by atoms with van der Waals surface area (Å²) in [6.45, 7) is 3.43. The minimum Gasteiger partial charge on any atom is -0.496 e. The first-order valence-electron chi connectivity index (χ1n) is 4.40. The van der Waals surface area contributed by atoms with E-state index < -0.39 is 11.7 Å². The van der Waals surface area contributed by atoms with E-state index in [0.717, 1.165) is 5.56 Å². The normalized spacial score (nSPS) is 12.6. The molecule has 1 rings (SSSR count). The summed E-state index contributed by atoms with van der Waals surface area (Å²) in [6, 6.07) is 1.29. The molecule has 0 amide bonds. The molecule has 0 fully saturated rings. The lowest BCUT2D eigenvalue weighted by Gasteiger charge is -2.09. The topological polar surface area (TPSA) is 59.7 Å². The Bertz CT molecular complexity index is 365. The second-order valence-corrected chi connectivity index (χ2v) is 3.24. The summed E-state index contributed by atoms with van der Waals surface area (Å²) in [6.07, 6.45) is -0.220. The molecular weight excluding hydrogens is 184 g/mol. The van der Waals surface area contributed by atoms with Crippen LogP contribution in [0.2, 0.25) is 0 Å². The van der Waals surface area contributed by atoms with Crippen LogP contribution in [0.15, 0.2) is 15.3 Å². The predicted octanol–water partition coefficient (Wildman–Crippen LogP) is 0.880. The summed E-state index contributed by atoms with van der Waals surface area (Å²) in [5.41, 5.74) is 0.302. The number of methoxy groups -OCH3 is 1. The van der Waals surface area contributed by atoms with Crippen molar-refractivity contribution in [3.63, 3.8) is 0 Å². The summed E-state index contributed by atoms with van der Waals surface area (Å²) in [7, 11) is 1.49. The van der Waals surface area contributed by atoms with Crippen LogP contribution in [0.1, 0.15) is 18.2 Å². The predicted molar refractivity (Wildman–Crippen MR) is 51.7 cm³/mol. The zero-order valence-electron chi connectivity index (χ0n) is 8.53. The Morgan fingerprint density at radius 1 is 1.64 bits per heavy atom. The third-order valence-corrected chi connectivity index (χ3v) is 1.96. The molecule has 1 heterocycles. The molecule has 0 aliphatic carbocycles. The van der Waals surface area contributed by atoms with E-state index in [-0.39, 0.29) is 0 Å². The number of rotatable bonds is 3. The van der Waals surface area contributed by atoms with Crippen LogP contribution >= 0.6 is 0 Å². The molecule has 0 radical (unpaired) electrons. The van der Waals surface area contributed by atoms with Gasteiger partial charge in [0, 0.05) is 12.0 Å². The van der Waals surface area contributed by atoms with Gasteiger partial charge in [-0.2, -0.15) is 0 Å². The van der Waals surface area contributed by atoms with Gasteiger partial charge < -0.3 is 14.3 Å². The molecular formula is C10H14O4. The fraction of sp³-hybridized carbons (Fsp3) is 0.500. The lowest BCUT2D eigenvalue weighted by atomic mass is 10.1. The van der Waals surface area contributed by atoms with Gasteiger partial charge in [-0.3, -0.25) is 0 Å². The largest absolute Gasteiger partial charge is 0.496 e. The Morgan fingerprint density at radius 3 is 2.79 bits per heavy atom. The van der Waals surface area contributed by atoms with Gasteiger partial charge in [0.1, 0.15) is 11.5 Å². The number of aliphatic hydroxyl groups excluding tert-OH is 1. The van der Waals surface area contributed by atoms with Gasteiger partial charge in [0.15, 0.2) is 0 Å². The molecule has 1 aromatic rings. The van der Waals surface area contributed by atoms with Crippen LogP contribution in [-0.2, 0) is 6.42 Å². The molecule has 0 aromatic carbocycles. The highest BCUT2D eigenvalue weighted by molar-refractivity contribution is 5.32. The lowest BCUT2D eigenvalue weighted by Crippen LogP contribution is -2.10. The van der Waals surface area contributed by atoms with E-state index in [1.54, 1.807) is 13.8 Å². The number of hydrogen-bond acceptors (Lipinski definition) is 4. The van der Waals surface area contributed by atoms with Crippen molar-refractivity contribution in [2.45, 2.75) is 26.4 Å². The monoisotopic (exact) mass is 198 g/mol. The van der Waals surface area contributed by atoms with Crippen molar-refractivity contribution in [2.24, 2.45) is 0 Å². The van der Waals surface area contributed by atoms with Gasteiger partial charge >= 0.3 is 5.63 Å². The van der Waals surface area contributed by atoms with Crippen molar-refractivity contribution >= 4 is 0 Å². The zero-order chi connectivity index (χ0) is 10.7. The Morgan fingerprint density at radius 2 is 2.29 bits per heavy atom. The SMILES string of the molecule is COc1cc(=O)oc(C[C@H](C)O)c1C. The molecule has 14 heavy (non-hydrogen) atoms. The maximum atomic E-state index is 11.1. The van der Waals surface area contributed by atoms with Gasteiger partial charge in [0.2, 0.25) is 0 Å². The number of aliphatic hydroxyl groups is 1. The van der Waals surface area contributed by atoms with Crippen molar-refractivity contribution in [3.8, 4) is 5.75 Å². The molecule has 0 saturated heterocycles. The maximum absolute atomic E-state index is 11.1. The molecule has 78 valence electrons. The number of hydrogen-bond donors (Lipinski definition) is 1. The van der Waals surface area contributed by atoms with Crippen molar-refractivity contribution in [1.29, 1.82) is 0 Å². The fourth-order valence-electron chi connectivity index (χ4n) is 1.26. The molecule has 0 aliphatic rings. The molecule has 0 saturated carbocycles. The minimum atomic E-state index is -0.538. The van der Waals surface area contributed by atoms with E-state index in [1.165, 1.54) is 13.2 Å². The molecule has 0 unspecified atom stereocenters. The number of ether oxygens (including phenoxy) is 1. The molecule has 0 bridgehead atoms. The Hall–Kier alpha value is -1.29. The Balaban J connectivity index is 3.15. The summed E-state index contributed by atoms with van der Waals surface area (Å²) in [5.74, 6) is 0.973. The average Bonchev–Trinajstić information content (AvgIpc) is 2.09.